The molecule has 0 aliphatic heterocycles. The van der Waals surface area contributed by atoms with Crippen molar-refractivity contribution in [2.24, 2.45) is 0 Å². The van der Waals surface area contributed by atoms with E-state index in [0.717, 1.165) is 5.69 Å². The van der Waals surface area contributed by atoms with Crippen molar-refractivity contribution < 1.29 is 13.9 Å². The van der Waals surface area contributed by atoms with Gasteiger partial charge in [0, 0.05) is 11.1 Å². The van der Waals surface area contributed by atoms with E-state index >= 15 is 0 Å². The first-order valence-corrected chi connectivity index (χ1v) is 7.30. The number of aryl methyl sites for hydroxylation is 1. The Kier molecular flexibility index (Phi) is 5.02. The van der Waals surface area contributed by atoms with Crippen LogP contribution in [0.25, 0.3) is 6.08 Å². The van der Waals surface area contributed by atoms with Gasteiger partial charge in [-0.1, -0.05) is 12.1 Å². The van der Waals surface area contributed by atoms with Crippen LogP contribution in [-0.4, -0.2) is 17.9 Å². The fourth-order valence-corrected chi connectivity index (χ4v) is 2.65. The number of hydrogen-bond acceptors (Lipinski definition) is 5. The Morgan fingerprint density at radius 1 is 1.55 bits per heavy atom. The molecule has 0 aliphatic carbocycles. The van der Waals surface area contributed by atoms with Gasteiger partial charge in [0.25, 0.3) is 0 Å². The largest absolute Gasteiger partial charge is 0.494 e. The number of hydrogen-bond donors (Lipinski definition) is 0. The van der Waals surface area contributed by atoms with Crippen LogP contribution in [0, 0.1) is 24.1 Å². The standard InChI is InChI=1S/C16H13FN2O2S/c1-10-9-22-16(19-10)12(8-18)14(20)5-3-11-4-6-15(21-2)13(17)7-11/h3-7,9,12H,1-2H3/b5-3+. The molecule has 1 aromatic carbocycles. The zero-order valence-corrected chi connectivity index (χ0v) is 12.9. The van der Waals surface area contributed by atoms with Crippen LogP contribution in [0.5, 0.6) is 5.75 Å². The van der Waals surface area contributed by atoms with Gasteiger partial charge in [-0.2, -0.15) is 5.26 Å². The van der Waals surface area contributed by atoms with E-state index < -0.39 is 11.7 Å². The Balaban J connectivity index is 2.16. The summed E-state index contributed by atoms with van der Waals surface area (Å²) in [5.41, 5.74) is 1.29. The molecule has 1 aromatic heterocycles. The number of carbonyl (C=O) groups is 1. The molecule has 1 unspecified atom stereocenters. The molecule has 2 rings (SSSR count). The minimum absolute atomic E-state index is 0.136. The number of benzene rings is 1. The number of thiazole rings is 1. The van der Waals surface area contributed by atoms with Crippen LogP contribution in [0.4, 0.5) is 4.39 Å². The molecule has 1 atom stereocenters. The van der Waals surface area contributed by atoms with Gasteiger partial charge < -0.3 is 4.74 Å². The van der Waals surface area contributed by atoms with Crippen LogP contribution in [0.15, 0.2) is 29.7 Å². The van der Waals surface area contributed by atoms with Crippen molar-refractivity contribution in [1.29, 1.82) is 5.26 Å². The highest BCUT2D eigenvalue weighted by atomic mass is 32.1. The average molecular weight is 316 g/mol. The maximum Gasteiger partial charge on any atom is 0.179 e. The highest BCUT2D eigenvalue weighted by Gasteiger charge is 2.20. The van der Waals surface area contributed by atoms with E-state index in [9.17, 15) is 9.18 Å². The third-order valence-electron chi connectivity index (χ3n) is 2.91. The lowest BCUT2D eigenvalue weighted by atomic mass is 10.1. The zero-order valence-electron chi connectivity index (χ0n) is 12.0. The molecule has 0 fully saturated rings. The summed E-state index contributed by atoms with van der Waals surface area (Å²) in [5, 5.41) is 11.4. The molecule has 0 saturated heterocycles. The quantitative estimate of drug-likeness (QED) is 0.792. The number of methoxy groups -OCH3 is 1. The van der Waals surface area contributed by atoms with Crippen molar-refractivity contribution in [3.05, 3.63) is 51.7 Å². The Hall–Kier alpha value is -2.52. The van der Waals surface area contributed by atoms with Crippen LogP contribution >= 0.6 is 11.3 Å². The van der Waals surface area contributed by atoms with E-state index in [-0.39, 0.29) is 11.5 Å². The molecule has 0 N–H and O–H groups in total. The molecular weight excluding hydrogens is 303 g/mol. The number of allylic oxidation sites excluding steroid dienone is 1. The second kappa shape index (κ2) is 6.96. The Bertz CT molecular complexity index is 762. The second-order valence-electron chi connectivity index (χ2n) is 4.52. The molecular formula is C16H13FN2O2S. The van der Waals surface area contributed by atoms with Crippen LogP contribution in [0.3, 0.4) is 0 Å². The molecule has 6 heteroatoms. The lowest BCUT2D eigenvalue weighted by Crippen LogP contribution is -2.07. The molecule has 0 amide bonds. The van der Waals surface area contributed by atoms with E-state index in [1.807, 2.05) is 6.07 Å². The molecule has 2 aromatic rings. The van der Waals surface area contributed by atoms with E-state index in [0.29, 0.717) is 10.6 Å². The summed E-state index contributed by atoms with van der Waals surface area (Å²) in [7, 11) is 1.38. The number of carbonyl (C=O) groups excluding carboxylic acids is 1. The third kappa shape index (κ3) is 3.57. The predicted molar refractivity (Wildman–Crippen MR) is 82.2 cm³/mol. The molecule has 112 valence electrons. The van der Waals surface area contributed by atoms with Gasteiger partial charge in [0.15, 0.2) is 23.3 Å². The van der Waals surface area contributed by atoms with Crippen LogP contribution in [-0.2, 0) is 4.79 Å². The number of rotatable bonds is 5. The number of halogens is 1. The predicted octanol–water partition coefficient (Wildman–Crippen LogP) is 3.49. The summed E-state index contributed by atoms with van der Waals surface area (Å²) in [6, 6.07) is 6.32. The SMILES string of the molecule is COc1ccc(/C=C/C(=O)C(C#N)c2nc(C)cs2)cc1F. The summed E-state index contributed by atoms with van der Waals surface area (Å²) in [5.74, 6) is -1.69. The first-order valence-electron chi connectivity index (χ1n) is 6.42. The van der Waals surface area contributed by atoms with Gasteiger partial charge in [-0.3, -0.25) is 4.79 Å². The number of ketones is 1. The summed E-state index contributed by atoms with van der Waals surface area (Å²) >= 11 is 1.27. The molecule has 0 bridgehead atoms. The minimum atomic E-state index is -0.932. The number of nitriles is 1. The van der Waals surface area contributed by atoms with Crippen LogP contribution in [0.1, 0.15) is 22.2 Å². The highest BCUT2D eigenvalue weighted by Crippen LogP contribution is 2.22. The van der Waals surface area contributed by atoms with E-state index in [2.05, 4.69) is 4.98 Å². The summed E-state index contributed by atoms with van der Waals surface area (Å²) in [6.07, 6.45) is 2.74. The van der Waals surface area contributed by atoms with Gasteiger partial charge in [-0.05, 0) is 30.7 Å². The van der Waals surface area contributed by atoms with Crippen molar-refractivity contribution >= 4 is 23.2 Å². The molecule has 1 heterocycles. The van der Waals surface area contributed by atoms with E-state index in [4.69, 9.17) is 10.00 Å². The number of nitrogens with zero attached hydrogens (tertiary/aromatic N) is 2. The number of aromatic nitrogens is 1. The third-order valence-corrected chi connectivity index (χ3v) is 3.94. The molecule has 0 spiro atoms. The van der Waals surface area contributed by atoms with Gasteiger partial charge >= 0.3 is 0 Å². The fraction of sp³-hybridized carbons (Fsp3) is 0.188. The van der Waals surface area contributed by atoms with Gasteiger partial charge in [0.2, 0.25) is 0 Å². The van der Waals surface area contributed by atoms with Gasteiger partial charge in [-0.25, -0.2) is 9.37 Å². The lowest BCUT2D eigenvalue weighted by Gasteiger charge is -2.02. The van der Waals surface area contributed by atoms with Crippen molar-refractivity contribution in [3.63, 3.8) is 0 Å². The van der Waals surface area contributed by atoms with Gasteiger partial charge in [0.05, 0.1) is 13.2 Å². The van der Waals surface area contributed by atoms with Crippen molar-refractivity contribution in [2.75, 3.05) is 7.11 Å². The number of ether oxygens (including phenoxy) is 1. The molecule has 0 radical (unpaired) electrons. The second-order valence-corrected chi connectivity index (χ2v) is 5.41. The molecule has 0 aliphatic rings. The molecule has 22 heavy (non-hydrogen) atoms. The summed E-state index contributed by atoms with van der Waals surface area (Å²) in [4.78, 5) is 16.3. The zero-order chi connectivity index (χ0) is 16.1. The van der Waals surface area contributed by atoms with Crippen LogP contribution in [0.2, 0.25) is 0 Å². The van der Waals surface area contributed by atoms with Crippen molar-refractivity contribution in [3.8, 4) is 11.8 Å². The van der Waals surface area contributed by atoms with Crippen LogP contribution < -0.4 is 4.74 Å². The summed E-state index contributed by atoms with van der Waals surface area (Å²) < 4.78 is 18.4. The van der Waals surface area contributed by atoms with E-state index in [1.54, 1.807) is 18.4 Å². The summed E-state index contributed by atoms with van der Waals surface area (Å²) in [6.45, 7) is 1.80. The first-order chi connectivity index (χ1) is 10.5. The maximum absolute atomic E-state index is 13.6. The first kappa shape index (κ1) is 15.9. The minimum Gasteiger partial charge on any atom is -0.494 e. The molecule has 4 nitrogen and oxygen atoms in total. The van der Waals surface area contributed by atoms with Gasteiger partial charge in [0.1, 0.15) is 5.01 Å². The maximum atomic E-state index is 13.6. The average Bonchev–Trinajstić information content (AvgIpc) is 2.92. The Morgan fingerprint density at radius 3 is 2.86 bits per heavy atom. The lowest BCUT2D eigenvalue weighted by molar-refractivity contribution is -0.114. The Labute approximate surface area is 131 Å². The Morgan fingerprint density at radius 2 is 2.32 bits per heavy atom. The molecule has 0 saturated carbocycles. The fourth-order valence-electron chi connectivity index (χ4n) is 1.81. The van der Waals surface area contributed by atoms with Crippen molar-refractivity contribution in [1.82, 2.24) is 4.98 Å². The van der Waals surface area contributed by atoms with Crippen molar-refractivity contribution in [2.45, 2.75) is 12.8 Å². The highest BCUT2D eigenvalue weighted by molar-refractivity contribution is 7.10. The smallest absolute Gasteiger partial charge is 0.179 e. The topological polar surface area (TPSA) is 63.0 Å². The van der Waals surface area contributed by atoms with Gasteiger partial charge in [-0.15, -0.1) is 11.3 Å². The monoisotopic (exact) mass is 316 g/mol. The van der Waals surface area contributed by atoms with E-state index in [1.165, 1.54) is 42.7 Å². The normalized spacial score (nSPS) is 12.1.